The lowest BCUT2D eigenvalue weighted by Crippen LogP contribution is -2.50. The van der Waals surface area contributed by atoms with Crippen LogP contribution in [0.2, 0.25) is 0 Å². The molecule has 0 aromatic carbocycles. The molecule has 1 saturated heterocycles. The van der Waals surface area contributed by atoms with Crippen molar-refractivity contribution in [2.45, 2.75) is 17.9 Å². The fraction of sp³-hybridized carbons (Fsp3) is 0.368. The maximum absolute atomic E-state index is 12.4. The molecule has 8 heteroatoms. The molecule has 0 bridgehead atoms. The van der Waals surface area contributed by atoms with Crippen LogP contribution in [0.5, 0.6) is 0 Å². The van der Waals surface area contributed by atoms with Crippen molar-refractivity contribution in [2.24, 2.45) is 0 Å². The Morgan fingerprint density at radius 3 is 2.52 bits per heavy atom. The van der Waals surface area contributed by atoms with Gasteiger partial charge in [0.1, 0.15) is 5.03 Å². The summed E-state index contributed by atoms with van der Waals surface area (Å²) in [5.41, 5.74) is 0.597. The van der Waals surface area contributed by atoms with Crippen molar-refractivity contribution in [3.63, 3.8) is 0 Å². The topological polar surface area (TPSA) is 66.4 Å². The average molecular weight is 403 g/mol. The Morgan fingerprint density at radius 2 is 1.81 bits per heavy atom. The quantitative estimate of drug-likeness (QED) is 0.524. The second-order valence-corrected chi connectivity index (χ2v) is 8.53. The van der Waals surface area contributed by atoms with E-state index in [9.17, 15) is 9.59 Å². The number of carbonyl (C=O) groups excluding carboxylic acids is 2. The Labute approximate surface area is 167 Å². The molecule has 1 fully saturated rings. The first-order valence-corrected chi connectivity index (χ1v) is 11.2. The molecule has 0 aliphatic carbocycles. The molecular weight excluding hydrogens is 380 g/mol. The summed E-state index contributed by atoms with van der Waals surface area (Å²) in [7, 11) is 3.36. The van der Waals surface area contributed by atoms with Crippen LogP contribution >= 0.6 is 21.6 Å². The first kappa shape index (κ1) is 19.7. The highest BCUT2D eigenvalue weighted by Gasteiger charge is 2.24. The zero-order valence-corrected chi connectivity index (χ0v) is 16.6. The van der Waals surface area contributed by atoms with E-state index >= 15 is 0 Å². The molecular formula is C19H22N4O2S2. The highest BCUT2D eigenvalue weighted by Crippen LogP contribution is 2.29. The summed E-state index contributed by atoms with van der Waals surface area (Å²) in [6, 6.07) is 9.38. The van der Waals surface area contributed by atoms with Crippen LogP contribution in [0, 0.1) is 0 Å². The van der Waals surface area contributed by atoms with E-state index in [-0.39, 0.29) is 11.8 Å². The predicted octanol–water partition coefficient (Wildman–Crippen LogP) is 2.98. The number of nitrogens with zero attached hydrogens (tertiary/aromatic N) is 4. The zero-order valence-electron chi connectivity index (χ0n) is 15.0. The molecule has 3 heterocycles. The number of rotatable bonds is 7. The predicted molar refractivity (Wildman–Crippen MR) is 109 cm³/mol. The molecule has 1 aliphatic rings. The summed E-state index contributed by atoms with van der Waals surface area (Å²) in [6.07, 6.45) is 6.41. The van der Waals surface area contributed by atoms with E-state index < -0.39 is 0 Å². The number of hydrogen-bond donors (Lipinski definition) is 0. The second-order valence-electron chi connectivity index (χ2n) is 6.09. The number of aromatic nitrogens is 2. The highest BCUT2D eigenvalue weighted by molar-refractivity contribution is 8.76. The molecule has 2 aromatic heterocycles. The molecule has 1 aliphatic heterocycles. The zero-order chi connectivity index (χ0) is 18.9. The van der Waals surface area contributed by atoms with Crippen molar-refractivity contribution in [3.05, 3.63) is 54.5 Å². The number of hydrogen-bond acceptors (Lipinski definition) is 6. The average Bonchev–Trinajstić information content (AvgIpc) is 2.74. The van der Waals surface area contributed by atoms with Gasteiger partial charge in [-0.25, -0.2) is 4.98 Å². The summed E-state index contributed by atoms with van der Waals surface area (Å²) in [5.74, 6) is 1.07. The van der Waals surface area contributed by atoms with Gasteiger partial charge >= 0.3 is 0 Å². The van der Waals surface area contributed by atoms with Gasteiger partial charge in [0.25, 0.3) is 5.91 Å². The van der Waals surface area contributed by atoms with Crippen LogP contribution in [0.3, 0.4) is 0 Å². The molecule has 6 nitrogen and oxygen atoms in total. The van der Waals surface area contributed by atoms with Gasteiger partial charge in [0.15, 0.2) is 0 Å². The molecule has 0 saturated carbocycles. The largest absolute Gasteiger partial charge is 0.339 e. The van der Waals surface area contributed by atoms with Crippen molar-refractivity contribution < 1.29 is 9.59 Å². The normalized spacial score (nSPS) is 14.2. The van der Waals surface area contributed by atoms with E-state index in [1.807, 2.05) is 23.1 Å². The van der Waals surface area contributed by atoms with Gasteiger partial charge in [-0.1, -0.05) is 16.9 Å². The number of pyridine rings is 2. The van der Waals surface area contributed by atoms with Crippen molar-refractivity contribution in [3.8, 4) is 0 Å². The first-order chi connectivity index (χ1) is 13.2. The molecule has 0 N–H and O–H groups in total. The first-order valence-electron chi connectivity index (χ1n) is 8.91. The minimum atomic E-state index is -0.0156. The molecule has 142 valence electrons. The minimum Gasteiger partial charge on any atom is -0.339 e. The molecule has 2 aromatic rings. The third-order valence-corrected chi connectivity index (χ3v) is 6.58. The molecule has 3 rings (SSSR count). The second kappa shape index (κ2) is 10.3. The van der Waals surface area contributed by atoms with E-state index in [4.69, 9.17) is 0 Å². The van der Waals surface area contributed by atoms with Crippen molar-refractivity contribution >= 4 is 33.4 Å². The van der Waals surface area contributed by atoms with E-state index in [1.165, 1.54) is 0 Å². The van der Waals surface area contributed by atoms with Crippen LogP contribution in [-0.2, 0) is 4.79 Å². The smallest absolute Gasteiger partial charge is 0.255 e. The van der Waals surface area contributed by atoms with E-state index in [0.29, 0.717) is 38.2 Å². The summed E-state index contributed by atoms with van der Waals surface area (Å²) in [4.78, 5) is 36.7. The number of carbonyl (C=O) groups is 2. The summed E-state index contributed by atoms with van der Waals surface area (Å²) < 4.78 is 0. The molecule has 0 atom stereocenters. The van der Waals surface area contributed by atoms with Gasteiger partial charge in [0.05, 0.1) is 5.56 Å². The van der Waals surface area contributed by atoms with Crippen LogP contribution in [0.1, 0.15) is 23.2 Å². The Kier molecular flexibility index (Phi) is 7.53. The van der Waals surface area contributed by atoms with E-state index in [2.05, 4.69) is 9.97 Å². The van der Waals surface area contributed by atoms with Crippen LogP contribution in [-0.4, -0.2) is 63.5 Å². The lowest BCUT2D eigenvalue weighted by atomic mass is 10.2. The fourth-order valence-electron chi connectivity index (χ4n) is 2.77. The Morgan fingerprint density at radius 1 is 1.00 bits per heavy atom. The third kappa shape index (κ3) is 5.97. The maximum atomic E-state index is 12.4. The summed E-state index contributed by atoms with van der Waals surface area (Å²) in [5, 5.41) is 0.989. The Bertz CT molecular complexity index is 738. The van der Waals surface area contributed by atoms with Crippen molar-refractivity contribution in [1.82, 2.24) is 19.8 Å². The molecule has 0 radical (unpaired) electrons. The van der Waals surface area contributed by atoms with Gasteiger partial charge in [0, 0.05) is 56.9 Å². The molecule has 2 amide bonds. The Hall–Kier alpha value is -2.06. The van der Waals surface area contributed by atoms with Gasteiger partial charge in [-0.05, 0) is 41.5 Å². The van der Waals surface area contributed by atoms with Crippen LogP contribution in [0.4, 0.5) is 0 Å². The third-order valence-electron chi connectivity index (χ3n) is 4.23. The van der Waals surface area contributed by atoms with E-state index in [0.717, 1.165) is 17.2 Å². The number of piperazine rings is 1. The summed E-state index contributed by atoms with van der Waals surface area (Å²) in [6.45, 7) is 2.34. The van der Waals surface area contributed by atoms with Crippen LogP contribution in [0.15, 0.2) is 53.9 Å². The van der Waals surface area contributed by atoms with E-state index in [1.54, 1.807) is 57.2 Å². The molecule has 0 unspecified atom stereocenters. The standard InChI is InChI=1S/C19H22N4O2S2/c24-18(7-4-14-26-27-17-6-1-2-9-21-17)22-10-12-23(13-11-22)19(25)16-5-3-8-20-15-16/h1-3,5-6,8-9,15H,4,7,10-14H2. The molecule has 27 heavy (non-hydrogen) atoms. The Balaban J connectivity index is 1.33. The lowest BCUT2D eigenvalue weighted by Gasteiger charge is -2.34. The molecule has 0 spiro atoms. The van der Waals surface area contributed by atoms with Crippen LogP contribution < -0.4 is 0 Å². The minimum absolute atomic E-state index is 0.0156. The van der Waals surface area contributed by atoms with Gasteiger partial charge in [-0.15, -0.1) is 0 Å². The number of amides is 2. The van der Waals surface area contributed by atoms with Gasteiger partial charge in [-0.2, -0.15) is 0 Å². The van der Waals surface area contributed by atoms with Gasteiger partial charge in [-0.3, -0.25) is 14.6 Å². The monoisotopic (exact) mass is 402 g/mol. The maximum Gasteiger partial charge on any atom is 0.255 e. The van der Waals surface area contributed by atoms with Gasteiger partial charge in [0.2, 0.25) is 5.91 Å². The SMILES string of the molecule is O=C(CCCSSc1ccccn1)N1CCN(C(=O)c2cccnc2)CC1. The van der Waals surface area contributed by atoms with Crippen molar-refractivity contribution in [2.75, 3.05) is 31.9 Å². The van der Waals surface area contributed by atoms with Crippen LogP contribution in [0.25, 0.3) is 0 Å². The lowest BCUT2D eigenvalue weighted by molar-refractivity contribution is -0.132. The highest BCUT2D eigenvalue weighted by atomic mass is 33.1. The van der Waals surface area contributed by atoms with Gasteiger partial charge < -0.3 is 9.80 Å². The summed E-state index contributed by atoms with van der Waals surface area (Å²) >= 11 is 0. The van der Waals surface area contributed by atoms with Crippen molar-refractivity contribution in [1.29, 1.82) is 0 Å². The fourth-order valence-corrected chi connectivity index (χ4v) is 4.74.